The van der Waals surface area contributed by atoms with Crippen molar-refractivity contribution in [1.82, 2.24) is 10.6 Å². The summed E-state index contributed by atoms with van der Waals surface area (Å²) in [4.78, 5) is 4.71. The first kappa shape index (κ1) is 18.5. The van der Waals surface area contributed by atoms with Gasteiger partial charge in [-0.15, -0.1) is 0 Å². The van der Waals surface area contributed by atoms with Crippen molar-refractivity contribution in [2.75, 3.05) is 33.4 Å². The summed E-state index contributed by atoms with van der Waals surface area (Å²) >= 11 is 0. The molecule has 0 spiro atoms. The zero-order valence-electron chi connectivity index (χ0n) is 15.1. The normalized spacial score (nSPS) is 15.7. The minimum absolute atomic E-state index is 0.139. The van der Waals surface area contributed by atoms with Gasteiger partial charge in [-0.05, 0) is 36.6 Å². The molecule has 0 radical (unpaired) electrons. The number of benzene rings is 1. The van der Waals surface area contributed by atoms with Crippen molar-refractivity contribution >= 4 is 5.96 Å². The van der Waals surface area contributed by atoms with Gasteiger partial charge in [0.1, 0.15) is 11.6 Å². The summed E-state index contributed by atoms with van der Waals surface area (Å²) in [7, 11) is 1.67. The van der Waals surface area contributed by atoms with Crippen molar-refractivity contribution in [2.45, 2.75) is 24.7 Å². The summed E-state index contributed by atoms with van der Waals surface area (Å²) in [6.07, 6.45) is 4.38. The Morgan fingerprint density at radius 1 is 1.19 bits per heavy atom. The van der Waals surface area contributed by atoms with Crippen LogP contribution in [0.4, 0.5) is 4.39 Å². The molecule has 3 rings (SSSR count). The molecule has 0 unspecified atom stereocenters. The van der Waals surface area contributed by atoms with Gasteiger partial charge in [0.25, 0.3) is 0 Å². The van der Waals surface area contributed by atoms with Crippen molar-refractivity contribution in [2.24, 2.45) is 4.99 Å². The first-order chi connectivity index (χ1) is 12.7. The first-order valence-corrected chi connectivity index (χ1v) is 9.02. The molecule has 5 nitrogen and oxygen atoms in total. The van der Waals surface area contributed by atoms with Crippen LogP contribution < -0.4 is 10.6 Å². The van der Waals surface area contributed by atoms with Gasteiger partial charge in [-0.25, -0.2) is 4.39 Å². The van der Waals surface area contributed by atoms with E-state index in [2.05, 4.69) is 10.6 Å². The Morgan fingerprint density at radius 2 is 2.00 bits per heavy atom. The number of furan rings is 1. The number of methoxy groups -OCH3 is 1. The van der Waals surface area contributed by atoms with Crippen LogP contribution in [0.3, 0.4) is 0 Å². The van der Waals surface area contributed by atoms with E-state index in [-0.39, 0.29) is 11.2 Å². The summed E-state index contributed by atoms with van der Waals surface area (Å²) in [6.45, 7) is 2.53. The Bertz CT molecular complexity index is 712. The Hall–Kier alpha value is -2.34. The molecular weight excluding hydrogens is 333 g/mol. The molecule has 0 atom stereocenters. The van der Waals surface area contributed by atoms with Gasteiger partial charge in [0.15, 0.2) is 5.96 Å². The van der Waals surface area contributed by atoms with E-state index in [1.54, 1.807) is 19.4 Å². The zero-order valence-corrected chi connectivity index (χ0v) is 15.1. The summed E-state index contributed by atoms with van der Waals surface area (Å²) in [6, 6.07) is 10.9. The van der Waals surface area contributed by atoms with Crippen LogP contribution in [-0.2, 0) is 16.6 Å². The Kier molecular flexibility index (Phi) is 6.28. The van der Waals surface area contributed by atoms with Gasteiger partial charge < -0.3 is 19.8 Å². The van der Waals surface area contributed by atoms with Crippen LogP contribution in [0.15, 0.2) is 52.1 Å². The monoisotopic (exact) mass is 359 g/mol. The van der Waals surface area contributed by atoms with E-state index in [4.69, 9.17) is 14.1 Å². The molecule has 2 aromatic rings. The van der Waals surface area contributed by atoms with Crippen molar-refractivity contribution in [3.63, 3.8) is 0 Å². The van der Waals surface area contributed by atoms with Gasteiger partial charge in [0, 0.05) is 32.0 Å². The SMILES string of the molecule is COCCNC(=NCC1(c2ccccc2F)CC1)NCCc1ccco1. The Morgan fingerprint density at radius 3 is 2.69 bits per heavy atom. The third-order valence-corrected chi connectivity index (χ3v) is 4.68. The molecule has 1 fully saturated rings. The lowest BCUT2D eigenvalue weighted by Crippen LogP contribution is -2.40. The average molecular weight is 359 g/mol. The third kappa shape index (κ3) is 4.85. The minimum atomic E-state index is -0.164. The smallest absolute Gasteiger partial charge is 0.191 e. The van der Waals surface area contributed by atoms with E-state index < -0.39 is 0 Å². The molecule has 0 amide bonds. The lowest BCUT2D eigenvalue weighted by Gasteiger charge is -2.17. The standard InChI is InChI=1S/C20H26FN3O2/c1-25-14-12-23-19(22-11-8-16-5-4-13-26-16)24-15-20(9-10-20)17-6-2-3-7-18(17)21/h2-7,13H,8-12,14-15H2,1H3,(H2,22,23,24). The van der Waals surface area contributed by atoms with Gasteiger partial charge in [-0.2, -0.15) is 0 Å². The quantitative estimate of drug-likeness (QED) is 0.411. The predicted octanol–water partition coefficient (Wildman–Crippen LogP) is 2.87. The molecule has 2 N–H and O–H groups in total. The number of halogens is 1. The highest BCUT2D eigenvalue weighted by molar-refractivity contribution is 5.79. The van der Waals surface area contributed by atoms with Crippen LogP contribution in [0.2, 0.25) is 0 Å². The van der Waals surface area contributed by atoms with E-state index in [1.807, 2.05) is 24.3 Å². The van der Waals surface area contributed by atoms with Gasteiger partial charge in [-0.1, -0.05) is 18.2 Å². The molecule has 1 aromatic carbocycles. The van der Waals surface area contributed by atoms with Crippen LogP contribution in [0.5, 0.6) is 0 Å². The van der Waals surface area contributed by atoms with Crippen molar-refractivity contribution in [3.8, 4) is 0 Å². The summed E-state index contributed by atoms with van der Waals surface area (Å²) in [5.41, 5.74) is 0.609. The molecule has 0 saturated heterocycles. The molecule has 0 aliphatic heterocycles. The second kappa shape index (κ2) is 8.85. The fourth-order valence-corrected chi connectivity index (χ4v) is 2.99. The molecule has 140 valence electrons. The van der Waals surface area contributed by atoms with Crippen LogP contribution in [-0.4, -0.2) is 39.3 Å². The van der Waals surface area contributed by atoms with Gasteiger partial charge in [-0.3, -0.25) is 4.99 Å². The maximum Gasteiger partial charge on any atom is 0.191 e. The highest BCUT2D eigenvalue weighted by atomic mass is 19.1. The van der Waals surface area contributed by atoms with E-state index in [1.165, 1.54) is 6.07 Å². The topological polar surface area (TPSA) is 58.8 Å². The minimum Gasteiger partial charge on any atom is -0.469 e. The number of hydrogen-bond donors (Lipinski definition) is 2. The number of hydrogen-bond acceptors (Lipinski definition) is 3. The second-order valence-electron chi connectivity index (χ2n) is 6.60. The van der Waals surface area contributed by atoms with Gasteiger partial charge >= 0.3 is 0 Å². The molecule has 1 saturated carbocycles. The van der Waals surface area contributed by atoms with Gasteiger partial charge in [0.2, 0.25) is 0 Å². The van der Waals surface area contributed by atoms with Crippen molar-refractivity contribution < 1.29 is 13.5 Å². The summed E-state index contributed by atoms with van der Waals surface area (Å²) in [5.74, 6) is 1.51. The second-order valence-corrected chi connectivity index (χ2v) is 6.60. The number of ether oxygens (including phenoxy) is 1. The maximum absolute atomic E-state index is 14.2. The zero-order chi connectivity index (χ0) is 18.2. The average Bonchev–Trinajstić information content (AvgIpc) is 3.25. The lowest BCUT2D eigenvalue weighted by molar-refractivity contribution is 0.203. The molecule has 26 heavy (non-hydrogen) atoms. The highest BCUT2D eigenvalue weighted by Gasteiger charge is 2.45. The Balaban J connectivity index is 1.60. The fourth-order valence-electron chi connectivity index (χ4n) is 2.99. The molecule has 1 aliphatic carbocycles. The molecule has 6 heteroatoms. The molecule has 0 bridgehead atoms. The number of guanidine groups is 1. The van der Waals surface area contributed by atoms with Crippen LogP contribution >= 0.6 is 0 Å². The van der Waals surface area contributed by atoms with Crippen LogP contribution in [0.25, 0.3) is 0 Å². The summed E-state index contributed by atoms with van der Waals surface area (Å²) in [5, 5.41) is 6.57. The first-order valence-electron chi connectivity index (χ1n) is 9.02. The fraction of sp³-hybridized carbons (Fsp3) is 0.450. The molecular formula is C20H26FN3O2. The van der Waals surface area contributed by atoms with Crippen molar-refractivity contribution in [1.29, 1.82) is 0 Å². The Labute approximate surface area is 153 Å². The number of nitrogens with one attached hydrogen (secondary N) is 2. The number of rotatable bonds is 9. The van der Waals surface area contributed by atoms with E-state index >= 15 is 0 Å². The third-order valence-electron chi connectivity index (χ3n) is 4.68. The van der Waals surface area contributed by atoms with Crippen LogP contribution in [0, 0.1) is 5.82 Å². The largest absolute Gasteiger partial charge is 0.469 e. The van der Waals surface area contributed by atoms with Crippen molar-refractivity contribution in [3.05, 3.63) is 59.8 Å². The molecule has 1 aromatic heterocycles. The molecule has 1 heterocycles. The van der Waals surface area contributed by atoms with Gasteiger partial charge in [0.05, 0.1) is 19.4 Å². The van der Waals surface area contributed by atoms with E-state index in [0.717, 1.165) is 36.5 Å². The number of aliphatic imine (C=N–C) groups is 1. The van der Waals surface area contributed by atoms with E-state index in [0.29, 0.717) is 26.2 Å². The number of nitrogens with zero attached hydrogens (tertiary/aromatic N) is 1. The summed E-state index contributed by atoms with van der Waals surface area (Å²) < 4.78 is 24.6. The molecule has 1 aliphatic rings. The predicted molar refractivity (Wildman–Crippen MR) is 99.9 cm³/mol. The highest BCUT2D eigenvalue weighted by Crippen LogP contribution is 2.49. The van der Waals surface area contributed by atoms with Crippen LogP contribution in [0.1, 0.15) is 24.2 Å². The van der Waals surface area contributed by atoms with E-state index in [9.17, 15) is 4.39 Å². The maximum atomic E-state index is 14.2. The lowest BCUT2D eigenvalue weighted by atomic mass is 9.95.